The van der Waals surface area contributed by atoms with Crippen molar-refractivity contribution in [2.24, 2.45) is 0 Å². The molecule has 0 aromatic carbocycles. The monoisotopic (exact) mass is 1030 g/mol. The molecule has 11 nitrogen and oxygen atoms in total. The molecule has 0 spiro atoms. The summed E-state index contributed by atoms with van der Waals surface area (Å²) in [6.07, 6.45) is 48.9. The second-order valence-corrected chi connectivity index (χ2v) is 21.4. The standard InChI is InChI=1S/C62H115NO10/c1-4-7-10-13-16-19-22-24-26-28-30-32-35-38-41-44-47-50-57(67)73-60-59(69)58(68)56(51-64)72-62(60)71-52-53(54(65)48-45-42-39-36-33-21-18-15-12-9-6-3)63-61(70)55(66)49-46-43-40-37-34-31-29-27-25-23-20-17-14-11-8-5-2/h17,20,25,27,45,48,53-56,58-60,62,64-66,68-69H,4-16,18-19,21-24,26,28-44,46-47,49-52H2,1-3H3,(H,63,70)/b20-17-,27-25-,48-45+. The van der Waals surface area contributed by atoms with Gasteiger partial charge in [-0.25, -0.2) is 0 Å². The minimum Gasteiger partial charge on any atom is -0.454 e. The second kappa shape index (κ2) is 50.7. The number of nitrogens with one attached hydrogen (secondary N) is 1. The number of rotatable bonds is 52. The Morgan fingerprint density at radius 3 is 1.42 bits per heavy atom. The first-order chi connectivity index (χ1) is 35.7. The highest BCUT2D eigenvalue weighted by Gasteiger charge is 2.47. The third-order valence-corrected chi connectivity index (χ3v) is 14.5. The van der Waals surface area contributed by atoms with Gasteiger partial charge < -0.3 is 45.1 Å². The largest absolute Gasteiger partial charge is 0.454 e. The van der Waals surface area contributed by atoms with Crippen molar-refractivity contribution in [3.8, 4) is 0 Å². The minimum atomic E-state index is -1.61. The van der Waals surface area contributed by atoms with Crippen molar-refractivity contribution in [2.75, 3.05) is 13.2 Å². The molecule has 73 heavy (non-hydrogen) atoms. The molecule has 1 amide bonds. The smallest absolute Gasteiger partial charge is 0.306 e. The van der Waals surface area contributed by atoms with Gasteiger partial charge in [0, 0.05) is 6.42 Å². The van der Waals surface area contributed by atoms with Crippen molar-refractivity contribution < 1.29 is 49.3 Å². The second-order valence-electron chi connectivity index (χ2n) is 21.4. The molecule has 0 aromatic heterocycles. The van der Waals surface area contributed by atoms with Gasteiger partial charge in [0.1, 0.15) is 24.4 Å². The van der Waals surface area contributed by atoms with Crippen molar-refractivity contribution >= 4 is 11.9 Å². The van der Waals surface area contributed by atoms with Gasteiger partial charge in [-0.1, -0.05) is 256 Å². The average Bonchev–Trinajstić information content (AvgIpc) is 3.39. The van der Waals surface area contributed by atoms with Gasteiger partial charge in [0.15, 0.2) is 12.4 Å². The molecule has 0 radical (unpaired) electrons. The predicted octanol–water partition coefficient (Wildman–Crippen LogP) is 14.3. The van der Waals surface area contributed by atoms with Gasteiger partial charge in [0.25, 0.3) is 0 Å². The molecular weight excluding hydrogens is 919 g/mol. The van der Waals surface area contributed by atoms with Crippen LogP contribution in [-0.2, 0) is 23.8 Å². The lowest BCUT2D eigenvalue weighted by Gasteiger charge is -2.41. The van der Waals surface area contributed by atoms with E-state index in [2.05, 4.69) is 50.4 Å². The Hall–Kier alpha value is -2.12. The summed E-state index contributed by atoms with van der Waals surface area (Å²) < 4.78 is 17.6. The molecule has 0 aliphatic carbocycles. The summed E-state index contributed by atoms with van der Waals surface area (Å²) in [4.78, 5) is 26.5. The van der Waals surface area contributed by atoms with Gasteiger partial charge >= 0.3 is 5.97 Å². The Balaban J connectivity index is 2.67. The molecule has 0 bridgehead atoms. The van der Waals surface area contributed by atoms with Crippen LogP contribution in [0.2, 0.25) is 0 Å². The van der Waals surface area contributed by atoms with Gasteiger partial charge in [0.2, 0.25) is 5.91 Å². The summed E-state index contributed by atoms with van der Waals surface area (Å²) in [7, 11) is 0. The fourth-order valence-corrected chi connectivity index (χ4v) is 9.62. The lowest BCUT2D eigenvalue weighted by atomic mass is 9.99. The molecule has 8 atom stereocenters. The molecule has 1 saturated heterocycles. The molecule has 428 valence electrons. The lowest BCUT2D eigenvalue weighted by molar-refractivity contribution is -0.305. The maximum absolute atomic E-state index is 13.4. The number of amides is 1. The van der Waals surface area contributed by atoms with Crippen LogP contribution < -0.4 is 5.32 Å². The van der Waals surface area contributed by atoms with Gasteiger partial charge in [-0.2, -0.15) is 0 Å². The number of aliphatic hydroxyl groups is 5. The third kappa shape index (κ3) is 39.0. The Kier molecular flexibility index (Phi) is 47.8. The number of ether oxygens (including phenoxy) is 3. The summed E-state index contributed by atoms with van der Waals surface area (Å²) in [6.45, 7) is 5.77. The summed E-state index contributed by atoms with van der Waals surface area (Å²) in [5, 5.41) is 56.9. The van der Waals surface area contributed by atoms with Crippen LogP contribution in [0.4, 0.5) is 0 Å². The van der Waals surface area contributed by atoms with Crippen molar-refractivity contribution in [3.63, 3.8) is 0 Å². The first kappa shape index (κ1) is 68.9. The summed E-state index contributed by atoms with van der Waals surface area (Å²) in [6, 6.07) is -1.02. The maximum Gasteiger partial charge on any atom is 0.306 e. The van der Waals surface area contributed by atoms with E-state index in [1.165, 1.54) is 154 Å². The number of allylic oxidation sites excluding steroid dienone is 5. The predicted molar refractivity (Wildman–Crippen MR) is 301 cm³/mol. The number of aliphatic hydroxyl groups excluding tert-OH is 5. The highest BCUT2D eigenvalue weighted by Crippen LogP contribution is 2.26. The number of esters is 1. The number of carbonyl (C=O) groups excluding carboxylic acids is 2. The molecule has 11 heteroatoms. The Labute approximate surface area is 447 Å². The van der Waals surface area contributed by atoms with E-state index in [0.29, 0.717) is 12.8 Å². The van der Waals surface area contributed by atoms with Gasteiger partial charge in [-0.3, -0.25) is 9.59 Å². The van der Waals surface area contributed by atoms with Crippen LogP contribution in [-0.4, -0.2) is 99.6 Å². The van der Waals surface area contributed by atoms with Gasteiger partial charge in [0.05, 0.1) is 25.4 Å². The zero-order chi connectivity index (χ0) is 53.3. The summed E-state index contributed by atoms with van der Waals surface area (Å²) >= 11 is 0. The molecule has 8 unspecified atom stereocenters. The topological polar surface area (TPSA) is 175 Å². The summed E-state index contributed by atoms with van der Waals surface area (Å²) in [5.41, 5.74) is 0. The molecule has 1 rings (SSSR count). The number of hydrogen-bond donors (Lipinski definition) is 6. The number of carbonyl (C=O) groups is 2. The SMILES string of the molecule is CCCCC/C=C\C/C=C\CCCCCCCCC(O)C(=O)NC(COC1OC(CO)C(O)C(O)C1OC(=O)CCCCCCCCCCCCCCCCCCC)C(O)/C=C/CCCCCCCCCCC. The van der Waals surface area contributed by atoms with E-state index in [1.807, 2.05) is 6.08 Å². The Bertz CT molecular complexity index is 1330. The highest BCUT2D eigenvalue weighted by molar-refractivity contribution is 5.80. The zero-order valence-electron chi connectivity index (χ0n) is 47.3. The van der Waals surface area contributed by atoms with E-state index in [9.17, 15) is 35.1 Å². The van der Waals surface area contributed by atoms with Crippen LogP contribution >= 0.6 is 0 Å². The summed E-state index contributed by atoms with van der Waals surface area (Å²) in [5.74, 6) is -1.19. The van der Waals surface area contributed by atoms with E-state index in [-0.39, 0.29) is 19.4 Å². The van der Waals surface area contributed by atoms with Gasteiger partial charge in [-0.15, -0.1) is 0 Å². The minimum absolute atomic E-state index is 0.127. The molecule has 1 fully saturated rings. The van der Waals surface area contributed by atoms with E-state index in [4.69, 9.17) is 14.2 Å². The maximum atomic E-state index is 13.4. The van der Waals surface area contributed by atoms with Crippen molar-refractivity contribution in [1.29, 1.82) is 0 Å². The van der Waals surface area contributed by atoms with Crippen molar-refractivity contribution in [1.82, 2.24) is 5.32 Å². The third-order valence-electron chi connectivity index (χ3n) is 14.5. The van der Waals surface area contributed by atoms with E-state index in [1.54, 1.807) is 6.08 Å². The van der Waals surface area contributed by atoms with E-state index in [0.717, 1.165) is 83.5 Å². The van der Waals surface area contributed by atoms with E-state index < -0.39 is 67.4 Å². The quantitative estimate of drug-likeness (QED) is 0.0195. The molecule has 1 heterocycles. The highest BCUT2D eigenvalue weighted by atomic mass is 16.7. The van der Waals surface area contributed by atoms with E-state index >= 15 is 0 Å². The Morgan fingerprint density at radius 1 is 0.534 bits per heavy atom. The van der Waals surface area contributed by atoms with Crippen LogP contribution in [0.3, 0.4) is 0 Å². The average molecular weight is 1030 g/mol. The first-order valence-electron chi connectivity index (χ1n) is 30.8. The molecule has 1 aliphatic heterocycles. The van der Waals surface area contributed by atoms with Crippen molar-refractivity contribution in [3.05, 3.63) is 36.5 Å². The van der Waals surface area contributed by atoms with Crippen molar-refractivity contribution in [2.45, 2.75) is 333 Å². The van der Waals surface area contributed by atoms with Crippen LogP contribution in [0.15, 0.2) is 36.5 Å². The fraction of sp³-hybridized carbons (Fsp3) is 0.871. The number of unbranched alkanes of at least 4 members (excludes halogenated alkanes) is 34. The molecule has 0 saturated carbocycles. The molecule has 6 N–H and O–H groups in total. The van der Waals surface area contributed by atoms with Crippen LogP contribution in [0.25, 0.3) is 0 Å². The van der Waals surface area contributed by atoms with Gasteiger partial charge in [-0.05, 0) is 57.8 Å². The first-order valence-corrected chi connectivity index (χ1v) is 30.8. The molecular formula is C62H115NO10. The van der Waals surface area contributed by atoms with Crippen LogP contribution in [0.1, 0.15) is 284 Å². The fourth-order valence-electron chi connectivity index (χ4n) is 9.62. The number of hydrogen-bond acceptors (Lipinski definition) is 10. The Morgan fingerprint density at radius 2 is 0.945 bits per heavy atom. The van der Waals surface area contributed by atoms with Crippen LogP contribution in [0, 0.1) is 0 Å². The zero-order valence-corrected chi connectivity index (χ0v) is 47.3. The van der Waals surface area contributed by atoms with Crippen LogP contribution in [0.5, 0.6) is 0 Å². The normalized spacial score (nSPS) is 19.6. The molecule has 0 aromatic rings. The molecule has 1 aliphatic rings. The lowest BCUT2D eigenvalue weighted by Crippen LogP contribution is -2.61.